The van der Waals surface area contributed by atoms with E-state index >= 15 is 0 Å². The van der Waals surface area contributed by atoms with Gasteiger partial charge in [-0.25, -0.2) is 15.0 Å². The van der Waals surface area contributed by atoms with Gasteiger partial charge in [-0.05, 0) is 51.9 Å². The van der Waals surface area contributed by atoms with Gasteiger partial charge in [0.05, 0.1) is 22.2 Å². The summed E-state index contributed by atoms with van der Waals surface area (Å²) < 4.78 is 2.26. The van der Waals surface area contributed by atoms with E-state index in [-0.39, 0.29) is 5.54 Å². The third-order valence-corrected chi connectivity index (χ3v) is 6.56. The molecule has 3 N–H and O–H groups in total. The molecule has 2 aliphatic carbocycles. The number of aromatic nitrogens is 5. The van der Waals surface area contributed by atoms with Crippen molar-refractivity contribution in [3.8, 4) is 11.8 Å². The minimum atomic E-state index is -0.624. The third kappa shape index (κ3) is 2.58. The summed E-state index contributed by atoms with van der Waals surface area (Å²) in [6.45, 7) is 4.18. The van der Waals surface area contributed by atoms with E-state index < -0.39 is 5.60 Å². The lowest BCUT2D eigenvalue weighted by Crippen LogP contribution is -2.35. The van der Waals surface area contributed by atoms with Crippen LogP contribution in [0, 0.1) is 18.8 Å². The Kier molecular flexibility index (Phi) is 3.49. The molecule has 3 aliphatic rings. The predicted molar refractivity (Wildman–Crippen MR) is 114 cm³/mol. The Balaban J connectivity index is 1.50. The van der Waals surface area contributed by atoms with Crippen molar-refractivity contribution in [3.05, 3.63) is 29.3 Å². The molecule has 0 bridgehead atoms. The molecule has 30 heavy (non-hydrogen) atoms. The summed E-state index contributed by atoms with van der Waals surface area (Å²) in [6.07, 6.45) is 6.98. The van der Waals surface area contributed by atoms with E-state index in [1.807, 2.05) is 13.0 Å². The summed E-state index contributed by atoms with van der Waals surface area (Å²) in [7, 11) is 0. The highest BCUT2D eigenvalue weighted by Crippen LogP contribution is 2.49. The molecule has 6 rings (SSSR count). The quantitative estimate of drug-likeness (QED) is 0.585. The van der Waals surface area contributed by atoms with Crippen LogP contribution in [0.5, 0.6) is 0 Å². The highest BCUT2D eigenvalue weighted by molar-refractivity contribution is 6.23. The second-order valence-corrected chi connectivity index (χ2v) is 9.02. The van der Waals surface area contributed by atoms with Gasteiger partial charge < -0.3 is 15.0 Å². The van der Waals surface area contributed by atoms with Crippen molar-refractivity contribution < 1.29 is 5.11 Å². The van der Waals surface area contributed by atoms with Crippen molar-refractivity contribution in [2.45, 2.75) is 63.5 Å². The number of hydrogen-bond acceptors (Lipinski definition) is 6. The van der Waals surface area contributed by atoms with Gasteiger partial charge >= 0.3 is 0 Å². The summed E-state index contributed by atoms with van der Waals surface area (Å²) in [4.78, 5) is 13.7. The third-order valence-electron chi connectivity index (χ3n) is 6.56. The molecule has 152 valence electrons. The van der Waals surface area contributed by atoms with Crippen molar-refractivity contribution in [1.82, 2.24) is 24.7 Å². The minimum absolute atomic E-state index is 0.00648. The molecule has 0 atom stereocenters. The second-order valence-electron chi connectivity index (χ2n) is 9.02. The molecule has 0 aromatic carbocycles. The van der Waals surface area contributed by atoms with Crippen LogP contribution in [0.4, 0.5) is 11.6 Å². The number of aliphatic imine (C=N–C) groups is 1. The second kappa shape index (κ2) is 5.92. The number of rotatable bonds is 3. The summed E-state index contributed by atoms with van der Waals surface area (Å²) in [6, 6.07) is 1.94. The van der Waals surface area contributed by atoms with E-state index in [0.717, 1.165) is 65.9 Å². The first-order chi connectivity index (χ1) is 14.5. The van der Waals surface area contributed by atoms with Crippen LogP contribution in [0.25, 0.3) is 11.0 Å². The molecule has 2 fully saturated rings. The van der Waals surface area contributed by atoms with Crippen LogP contribution in [0.1, 0.15) is 62.4 Å². The summed E-state index contributed by atoms with van der Waals surface area (Å²) in [5.41, 5.74) is 3.00. The van der Waals surface area contributed by atoms with Crippen LogP contribution in [0.2, 0.25) is 0 Å². The van der Waals surface area contributed by atoms with Crippen LogP contribution >= 0.6 is 0 Å². The van der Waals surface area contributed by atoms with Gasteiger partial charge in [-0.1, -0.05) is 5.92 Å². The lowest BCUT2D eigenvalue weighted by Gasteiger charge is -2.34. The Morgan fingerprint density at radius 3 is 2.77 bits per heavy atom. The fraction of sp³-hybridized carbons (Fsp3) is 0.455. The molecule has 3 aromatic heterocycles. The molecule has 1 aliphatic heterocycles. The first-order valence-electron chi connectivity index (χ1n) is 10.5. The van der Waals surface area contributed by atoms with E-state index in [2.05, 4.69) is 48.8 Å². The van der Waals surface area contributed by atoms with Crippen LogP contribution in [-0.4, -0.2) is 41.3 Å². The maximum atomic E-state index is 10.5. The Labute approximate surface area is 173 Å². The number of nitrogens with zero attached hydrogens (tertiary/aromatic N) is 5. The molecule has 0 saturated heterocycles. The number of amidine groups is 1. The molecule has 0 amide bonds. The summed E-state index contributed by atoms with van der Waals surface area (Å²) >= 11 is 0. The number of H-pyrrole nitrogens is 1. The van der Waals surface area contributed by atoms with Gasteiger partial charge in [0.15, 0.2) is 5.82 Å². The van der Waals surface area contributed by atoms with Gasteiger partial charge in [-0.15, -0.1) is 0 Å². The number of aryl methyl sites for hydroxylation is 1. The van der Waals surface area contributed by atoms with Gasteiger partial charge in [0, 0.05) is 18.0 Å². The van der Waals surface area contributed by atoms with Gasteiger partial charge in [-0.3, -0.25) is 5.10 Å². The minimum Gasteiger partial charge on any atom is -0.389 e. The molecule has 8 nitrogen and oxygen atoms in total. The average Bonchev–Trinajstić information content (AvgIpc) is 3.04. The maximum Gasteiger partial charge on any atom is 0.167 e. The van der Waals surface area contributed by atoms with Crippen molar-refractivity contribution in [2.24, 2.45) is 4.99 Å². The van der Waals surface area contributed by atoms with E-state index in [1.54, 1.807) is 6.33 Å². The van der Waals surface area contributed by atoms with Crippen LogP contribution in [0.3, 0.4) is 0 Å². The molecule has 0 spiro atoms. The fourth-order valence-corrected chi connectivity index (χ4v) is 4.38. The topological polar surface area (TPSA) is 104 Å². The van der Waals surface area contributed by atoms with Gasteiger partial charge in [0.2, 0.25) is 0 Å². The van der Waals surface area contributed by atoms with E-state index in [1.165, 1.54) is 0 Å². The molecule has 4 heterocycles. The van der Waals surface area contributed by atoms with E-state index in [4.69, 9.17) is 4.99 Å². The average molecular weight is 401 g/mol. The standard InChI is InChI=1S/C22H23N7O/c1-13-11-15(28-27-13)25-19-16-14(5-3-6-22(30)7-4-8-22)29(21(2)9-10-21)20-17(16)18(26-19)23-12-24-20/h11-12,30H,4,6-10H2,1-2H3,(H2,23,24,25,26,27,28). The van der Waals surface area contributed by atoms with Crippen molar-refractivity contribution >= 4 is 28.5 Å². The number of hydrogen-bond donors (Lipinski definition) is 3. The first kappa shape index (κ1) is 17.7. The molecular formula is C22H23N7O. The Morgan fingerprint density at radius 1 is 1.27 bits per heavy atom. The summed E-state index contributed by atoms with van der Waals surface area (Å²) in [5, 5.41) is 22.0. The number of aliphatic hydroxyl groups is 1. The zero-order chi connectivity index (χ0) is 20.5. The maximum absolute atomic E-state index is 10.5. The first-order valence-corrected chi connectivity index (χ1v) is 10.5. The SMILES string of the molecule is Cc1cc(NC2=Nc3ncnc4c3c2c(C#CCC2(O)CCC2)n4C2(C)CC2)[nH]n1. The molecule has 2 saturated carbocycles. The highest BCUT2D eigenvalue weighted by atomic mass is 16.3. The largest absolute Gasteiger partial charge is 0.389 e. The number of nitrogens with one attached hydrogen (secondary N) is 2. The van der Waals surface area contributed by atoms with Crippen molar-refractivity contribution in [1.29, 1.82) is 0 Å². The van der Waals surface area contributed by atoms with Crippen LogP contribution in [0.15, 0.2) is 17.4 Å². The lowest BCUT2D eigenvalue weighted by atomic mass is 9.78. The highest BCUT2D eigenvalue weighted by Gasteiger charge is 2.44. The van der Waals surface area contributed by atoms with E-state index in [9.17, 15) is 5.11 Å². The van der Waals surface area contributed by atoms with E-state index in [0.29, 0.717) is 18.1 Å². The molecular weight excluding hydrogens is 378 g/mol. The molecule has 3 aromatic rings. The Hall–Kier alpha value is -3.18. The zero-order valence-corrected chi connectivity index (χ0v) is 17.1. The molecule has 0 unspecified atom stereocenters. The normalized spacial score (nSPS) is 19.8. The van der Waals surface area contributed by atoms with Gasteiger partial charge in [0.1, 0.15) is 29.3 Å². The van der Waals surface area contributed by atoms with Crippen LogP contribution in [-0.2, 0) is 5.54 Å². The Bertz CT molecular complexity index is 1280. The monoisotopic (exact) mass is 401 g/mol. The number of anilines is 1. The van der Waals surface area contributed by atoms with Gasteiger partial charge in [0.25, 0.3) is 0 Å². The van der Waals surface area contributed by atoms with Crippen LogP contribution < -0.4 is 5.32 Å². The smallest absolute Gasteiger partial charge is 0.167 e. The van der Waals surface area contributed by atoms with Crippen molar-refractivity contribution in [3.63, 3.8) is 0 Å². The number of aromatic amines is 1. The molecule has 8 heteroatoms. The lowest BCUT2D eigenvalue weighted by molar-refractivity contribution is -0.0280. The fourth-order valence-electron chi connectivity index (χ4n) is 4.38. The predicted octanol–water partition coefficient (Wildman–Crippen LogP) is 3.13. The van der Waals surface area contributed by atoms with Crippen molar-refractivity contribution in [2.75, 3.05) is 5.32 Å². The Morgan fingerprint density at radius 2 is 2.10 bits per heavy atom. The summed E-state index contributed by atoms with van der Waals surface area (Å²) in [5.74, 6) is 8.78. The zero-order valence-electron chi connectivity index (χ0n) is 17.1. The van der Waals surface area contributed by atoms with Gasteiger partial charge in [-0.2, -0.15) is 5.10 Å². The molecule has 0 radical (unpaired) electrons.